The minimum absolute atomic E-state index is 0.757. The van der Waals surface area contributed by atoms with Gasteiger partial charge >= 0.3 is 0 Å². The van der Waals surface area contributed by atoms with E-state index in [-0.39, 0.29) is 0 Å². The van der Waals surface area contributed by atoms with Crippen LogP contribution in [0.3, 0.4) is 0 Å². The smallest absolute Gasteiger partial charge is 0.126 e. The van der Waals surface area contributed by atoms with Gasteiger partial charge in [-0.2, -0.15) is 0 Å². The van der Waals surface area contributed by atoms with Crippen molar-refractivity contribution in [1.29, 1.82) is 0 Å². The molecule has 2 rings (SSSR count). The Morgan fingerprint density at radius 2 is 2.06 bits per heavy atom. The van der Waals surface area contributed by atoms with Gasteiger partial charge in [-0.1, -0.05) is 6.92 Å². The van der Waals surface area contributed by atoms with E-state index < -0.39 is 5.70 Å². The summed E-state index contributed by atoms with van der Waals surface area (Å²) in [6.45, 7) is 1.55. The van der Waals surface area contributed by atoms with Gasteiger partial charge in [-0.15, -0.1) is 11.8 Å². The van der Waals surface area contributed by atoms with Crippen LogP contribution in [0, 0.1) is 0 Å². The van der Waals surface area contributed by atoms with Crippen LogP contribution in [0.2, 0.25) is 0 Å². The highest BCUT2D eigenvalue weighted by Gasteiger charge is 2.07. The van der Waals surface area contributed by atoms with Crippen LogP contribution in [0.5, 0.6) is 11.5 Å². The van der Waals surface area contributed by atoms with Crippen LogP contribution in [-0.4, -0.2) is 19.9 Å². The molecule has 0 amide bonds. The van der Waals surface area contributed by atoms with Crippen molar-refractivity contribution in [2.24, 2.45) is 0 Å². The van der Waals surface area contributed by atoms with Gasteiger partial charge in [0.1, 0.15) is 11.5 Å². The van der Waals surface area contributed by atoms with Crippen molar-refractivity contribution in [3.63, 3.8) is 0 Å². The van der Waals surface area contributed by atoms with E-state index in [1.54, 1.807) is 21.1 Å². The molecule has 0 spiro atoms. The lowest BCUT2D eigenvalue weighted by atomic mass is 10.1. The van der Waals surface area contributed by atoms with E-state index in [0.717, 1.165) is 27.2 Å². The fourth-order valence-corrected chi connectivity index (χ4v) is 2.42. The molecule has 90 valence electrons. The van der Waals surface area contributed by atoms with Crippen LogP contribution in [0.15, 0.2) is 35.2 Å². The van der Waals surface area contributed by atoms with Gasteiger partial charge in [0.2, 0.25) is 0 Å². The highest BCUT2D eigenvalue weighted by molar-refractivity contribution is 7.99. The van der Waals surface area contributed by atoms with E-state index >= 15 is 0 Å². The van der Waals surface area contributed by atoms with Crippen molar-refractivity contribution in [2.45, 2.75) is 11.8 Å². The van der Waals surface area contributed by atoms with Crippen LogP contribution < -0.4 is 9.47 Å². The topological polar surface area (TPSA) is 18.5 Å². The Kier molecular flexibility index (Phi) is 3.02. The molecule has 1 atom stereocenters. The largest absolute Gasteiger partial charge is 0.497 e. The second-order valence-corrected chi connectivity index (χ2v) is 4.54. The maximum Gasteiger partial charge on any atom is 0.126 e. The van der Waals surface area contributed by atoms with Gasteiger partial charge in [0.25, 0.3) is 0 Å². The summed E-state index contributed by atoms with van der Waals surface area (Å²) >= 11 is 1.20. The molecule has 0 N–H and O–H groups in total. The highest BCUT2D eigenvalue weighted by Crippen LogP contribution is 2.35. The number of ether oxygens (including phenoxy) is 2. The van der Waals surface area contributed by atoms with Gasteiger partial charge in [0.05, 0.1) is 14.2 Å². The summed E-state index contributed by atoms with van der Waals surface area (Å²) in [6, 6.07) is 9.46. The summed E-state index contributed by atoms with van der Waals surface area (Å²) in [5, 5.41) is 1.90. The van der Waals surface area contributed by atoms with E-state index in [1.165, 1.54) is 11.8 Å². The third kappa shape index (κ3) is 2.34. The number of hydrogen-bond donors (Lipinski definition) is 0. The van der Waals surface area contributed by atoms with Crippen LogP contribution in [0.25, 0.3) is 10.8 Å². The fourth-order valence-electron chi connectivity index (χ4n) is 1.78. The Labute approximate surface area is 109 Å². The molecule has 0 aromatic heterocycles. The first-order valence-corrected chi connectivity index (χ1v) is 6.10. The van der Waals surface area contributed by atoms with Crippen LogP contribution in [-0.2, 0) is 0 Å². The van der Waals surface area contributed by atoms with Crippen molar-refractivity contribution in [2.75, 3.05) is 19.9 Å². The first-order chi connectivity index (χ1) is 8.94. The summed E-state index contributed by atoms with van der Waals surface area (Å²) in [4.78, 5) is 0.894. The van der Waals surface area contributed by atoms with Crippen molar-refractivity contribution >= 4 is 22.5 Å². The zero-order valence-electron chi connectivity index (χ0n) is 12.1. The monoisotopic (exact) mass is 250 g/mol. The van der Waals surface area contributed by atoms with Crippen molar-refractivity contribution < 1.29 is 12.2 Å². The van der Waals surface area contributed by atoms with Crippen molar-refractivity contribution in [3.8, 4) is 11.5 Å². The fraction of sp³-hybridized carbons (Fsp3) is 0.286. The second kappa shape index (κ2) is 5.32. The lowest BCUT2D eigenvalue weighted by molar-refractivity contribution is 0.412. The molecule has 2 aromatic carbocycles. The third-order valence-corrected chi connectivity index (χ3v) is 3.36. The predicted octanol–water partition coefficient (Wildman–Crippen LogP) is 3.97. The minimum Gasteiger partial charge on any atom is -0.497 e. The summed E-state index contributed by atoms with van der Waals surface area (Å²) in [7, 11) is 3.25. The van der Waals surface area contributed by atoms with Crippen LogP contribution in [0.1, 0.15) is 9.67 Å². The number of fused-ring (bicyclic) bond motifs is 1. The summed E-state index contributed by atoms with van der Waals surface area (Å²) in [5.74, 6) is 1.52. The number of hydrogen-bond acceptors (Lipinski definition) is 3. The lowest BCUT2D eigenvalue weighted by Crippen LogP contribution is -1.89. The van der Waals surface area contributed by atoms with E-state index in [1.807, 2.05) is 30.3 Å². The van der Waals surface area contributed by atoms with Gasteiger partial charge < -0.3 is 9.47 Å². The normalized spacial score (nSPS) is 15.9. The molecule has 0 aliphatic rings. The highest BCUT2D eigenvalue weighted by atomic mass is 32.2. The molecule has 3 heteroatoms. The number of rotatable bonds is 4. The molecule has 17 heavy (non-hydrogen) atoms. The first-order valence-electron chi connectivity index (χ1n) is 6.28. The average Bonchev–Trinajstić information content (AvgIpc) is 2.36. The standard InChI is InChI=1S/C14H16O2S/c1-4-17-14-8-7-13(16-3)12-9-10(15-2)5-6-11(12)14/h5-9H,4H2,1-3H3/i4+1DH/t4-/m0/s1. The maximum atomic E-state index is 7.70. The van der Waals surface area contributed by atoms with E-state index in [2.05, 4.69) is 0 Å². The SMILES string of the molecule is [1H][13C@]([2H])(C)Sc1ccc(OC)c2cc(OC)ccc12. The van der Waals surface area contributed by atoms with E-state index in [4.69, 9.17) is 12.2 Å². The predicted molar refractivity (Wildman–Crippen MR) is 73.5 cm³/mol. The Hall–Kier alpha value is -1.35. The molecule has 0 heterocycles. The summed E-state index contributed by atoms with van der Waals surface area (Å²) < 4.78 is 26.0. The third-order valence-electron chi connectivity index (χ3n) is 2.58. The Morgan fingerprint density at radius 1 is 1.24 bits per heavy atom. The van der Waals surface area contributed by atoms with Gasteiger partial charge in [0.15, 0.2) is 0 Å². The molecular weight excluding hydrogens is 233 g/mol. The number of benzene rings is 2. The Morgan fingerprint density at radius 3 is 2.71 bits per heavy atom. The first kappa shape index (κ1) is 9.66. The average molecular weight is 250 g/mol. The Bertz CT molecular complexity index is 594. The molecular formula is C14H16O2S. The van der Waals surface area contributed by atoms with Crippen LogP contribution >= 0.6 is 11.8 Å². The zero-order valence-corrected chi connectivity index (χ0v) is 10.9. The van der Waals surface area contributed by atoms with Crippen molar-refractivity contribution in [3.05, 3.63) is 30.3 Å². The molecule has 0 saturated heterocycles. The van der Waals surface area contributed by atoms with Gasteiger partial charge in [-0.3, -0.25) is 0 Å². The summed E-state index contributed by atoms with van der Waals surface area (Å²) in [5.41, 5.74) is -1.32. The zero-order chi connectivity index (χ0) is 14.0. The van der Waals surface area contributed by atoms with Crippen LogP contribution in [0.4, 0.5) is 0 Å². The second-order valence-electron chi connectivity index (χ2n) is 3.48. The quantitative estimate of drug-likeness (QED) is 0.604. The molecule has 2 aromatic rings. The van der Waals surface area contributed by atoms with E-state index in [9.17, 15) is 0 Å². The molecule has 0 aliphatic heterocycles. The number of thioether (sulfide) groups is 1. The Balaban J connectivity index is 2.62. The molecule has 0 unspecified atom stereocenters. The molecule has 0 fully saturated rings. The minimum atomic E-state index is -1.32. The van der Waals surface area contributed by atoms with Gasteiger partial charge in [-0.25, -0.2) is 0 Å². The maximum absolute atomic E-state index is 7.70. The van der Waals surface area contributed by atoms with Crippen molar-refractivity contribution in [1.82, 2.24) is 0 Å². The lowest BCUT2D eigenvalue weighted by Gasteiger charge is -2.11. The number of methoxy groups -OCH3 is 2. The molecule has 0 aliphatic carbocycles. The molecule has 0 bridgehead atoms. The molecule has 0 saturated carbocycles. The summed E-state index contributed by atoms with van der Waals surface area (Å²) in [6.07, 6.45) is 0. The molecule has 0 radical (unpaired) electrons. The van der Waals surface area contributed by atoms with Gasteiger partial charge in [-0.05, 0) is 41.4 Å². The molecule has 2 nitrogen and oxygen atoms in total. The van der Waals surface area contributed by atoms with E-state index in [0.29, 0.717) is 0 Å². The van der Waals surface area contributed by atoms with Gasteiger partial charge in [0, 0.05) is 13.0 Å².